The maximum Gasteiger partial charge on any atom is 0.303 e. The summed E-state index contributed by atoms with van der Waals surface area (Å²) in [6, 6.07) is 0. The van der Waals surface area contributed by atoms with Crippen molar-refractivity contribution in [1.82, 2.24) is 5.32 Å². The standard InChI is InChI=1S/C17H31NO5/c1-23-15-11-13(12-19)8-9-14(15)17(22)18-10-6-4-2-3-5-7-16(20)21/h13-15,19H,2-12H2,1H3,(H,18,22)(H,20,21). The molecule has 23 heavy (non-hydrogen) atoms. The lowest BCUT2D eigenvalue weighted by Gasteiger charge is -2.33. The monoisotopic (exact) mass is 329 g/mol. The summed E-state index contributed by atoms with van der Waals surface area (Å²) in [6.45, 7) is 0.824. The third-order valence-corrected chi connectivity index (χ3v) is 4.66. The molecule has 6 nitrogen and oxygen atoms in total. The molecule has 1 fully saturated rings. The van der Waals surface area contributed by atoms with Crippen molar-refractivity contribution >= 4 is 11.9 Å². The third-order valence-electron chi connectivity index (χ3n) is 4.66. The van der Waals surface area contributed by atoms with E-state index in [-0.39, 0.29) is 36.9 Å². The van der Waals surface area contributed by atoms with Gasteiger partial charge in [0.2, 0.25) is 5.91 Å². The number of hydrogen-bond acceptors (Lipinski definition) is 4. The second kappa shape index (κ2) is 11.4. The first-order valence-corrected chi connectivity index (χ1v) is 8.71. The van der Waals surface area contributed by atoms with Crippen LogP contribution < -0.4 is 5.32 Å². The molecule has 0 radical (unpaired) electrons. The van der Waals surface area contributed by atoms with Gasteiger partial charge in [-0.2, -0.15) is 0 Å². The summed E-state index contributed by atoms with van der Waals surface area (Å²) < 4.78 is 5.43. The molecule has 0 bridgehead atoms. The Morgan fingerprint density at radius 1 is 1.13 bits per heavy atom. The van der Waals surface area contributed by atoms with E-state index in [0.717, 1.165) is 51.4 Å². The summed E-state index contributed by atoms with van der Waals surface area (Å²) in [4.78, 5) is 22.6. The molecule has 0 spiro atoms. The van der Waals surface area contributed by atoms with Crippen LogP contribution in [-0.2, 0) is 14.3 Å². The normalized spacial score (nSPS) is 24.3. The number of ether oxygens (including phenoxy) is 1. The average Bonchev–Trinajstić information content (AvgIpc) is 2.56. The lowest BCUT2D eigenvalue weighted by Crippen LogP contribution is -2.42. The molecule has 0 saturated heterocycles. The molecule has 0 aromatic heterocycles. The lowest BCUT2D eigenvalue weighted by molar-refractivity contribution is -0.137. The Hall–Kier alpha value is -1.14. The van der Waals surface area contributed by atoms with E-state index < -0.39 is 5.97 Å². The summed E-state index contributed by atoms with van der Waals surface area (Å²) in [5.41, 5.74) is 0. The van der Waals surface area contributed by atoms with Gasteiger partial charge < -0.3 is 20.3 Å². The molecule has 1 aliphatic carbocycles. The lowest BCUT2D eigenvalue weighted by atomic mass is 9.79. The molecular weight excluding hydrogens is 298 g/mol. The van der Waals surface area contributed by atoms with E-state index in [1.807, 2.05) is 0 Å². The van der Waals surface area contributed by atoms with Crippen LogP contribution in [0.25, 0.3) is 0 Å². The molecule has 1 aliphatic rings. The Morgan fingerprint density at radius 3 is 2.48 bits per heavy atom. The minimum Gasteiger partial charge on any atom is -0.481 e. The van der Waals surface area contributed by atoms with Gasteiger partial charge in [0.15, 0.2) is 0 Å². The zero-order valence-corrected chi connectivity index (χ0v) is 14.1. The molecule has 3 atom stereocenters. The zero-order chi connectivity index (χ0) is 17.1. The highest BCUT2D eigenvalue weighted by atomic mass is 16.5. The van der Waals surface area contributed by atoms with E-state index in [0.29, 0.717) is 6.54 Å². The topological polar surface area (TPSA) is 95.9 Å². The first-order chi connectivity index (χ1) is 11.1. The molecule has 0 aromatic rings. The number of unbranched alkanes of at least 4 members (excludes halogenated alkanes) is 4. The number of rotatable bonds is 11. The average molecular weight is 329 g/mol. The van der Waals surface area contributed by atoms with Crippen molar-refractivity contribution in [2.45, 2.75) is 63.9 Å². The number of aliphatic hydroxyl groups excluding tert-OH is 1. The van der Waals surface area contributed by atoms with Gasteiger partial charge in [0.05, 0.1) is 12.0 Å². The van der Waals surface area contributed by atoms with Gasteiger partial charge in [-0.25, -0.2) is 0 Å². The highest BCUT2D eigenvalue weighted by Crippen LogP contribution is 2.30. The Bertz CT molecular complexity index is 361. The number of carboxylic acids is 1. The van der Waals surface area contributed by atoms with E-state index in [4.69, 9.17) is 9.84 Å². The minimum atomic E-state index is -0.735. The summed E-state index contributed by atoms with van der Waals surface area (Å²) in [5, 5.41) is 20.8. The van der Waals surface area contributed by atoms with Crippen LogP contribution in [0.2, 0.25) is 0 Å². The van der Waals surface area contributed by atoms with Crippen LogP contribution >= 0.6 is 0 Å². The summed E-state index contributed by atoms with van der Waals surface area (Å²) in [6.07, 6.45) is 7.11. The molecule has 3 N–H and O–H groups in total. The largest absolute Gasteiger partial charge is 0.481 e. The predicted octanol–water partition coefficient (Wildman–Crippen LogP) is 1.95. The third kappa shape index (κ3) is 7.79. The fraction of sp³-hybridized carbons (Fsp3) is 0.882. The smallest absolute Gasteiger partial charge is 0.303 e. The number of methoxy groups -OCH3 is 1. The van der Waals surface area contributed by atoms with E-state index in [1.54, 1.807) is 7.11 Å². The highest BCUT2D eigenvalue weighted by Gasteiger charge is 2.34. The highest BCUT2D eigenvalue weighted by molar-refractivity contribution is 5.79. The van der Waals surface area contributed by atoms with Crippen LogP contribution in [0.15, 0.2) is 0 Å². The van der Waals surface area contributed by atoms with E-state index in [2.05, 4.69) is 5.32 Å². The van der Waals surface area contributed by atoms with Crippen LogP contribution in [0.4, 0.5) is 0 Å². The molecule has 1 rings (SSSR count). The Balaban J connectivity index is 2.12. The summed E-state index contributed by atoms with van der Waals surface area (Å²) in [7, 11) is 1.63. The minimum absolute atomic E-state index is 0.0547. The SMILES string of the molecule is COC1CC(CO)CCC1C(=O)NCCCCCCCC(=O)O. The van der Waals surface area contributed by atoms with Crippen LogP contribution in [-0.4, -0.2) is 48.5 Å². The van der Waals surface area contributed by atoms with Gasteiger partial charge >= 0.3 is 5.97 Å². The number of carboxylic acid groups (broad SMARTS) is 1. The van der Waals surface area contributed by atoms with Gasteiger partial charge in [-0.1, -0.05) is 19.3 Å². The Morgan fingerprint density at radius 2 is 1.83 bits per heavy atom. The van der Waals surface area contributed by atoms with E-state index in [1.165, 1.54) is 0 Å². The molecule has 1 saturated carbocycles. The molecule has 134 valence electrons. The predicted molar refractivity (Wildman–Crippen MR) is 87.1 cm³/mol. The van der Waals surface area contributed by atoms with Gasteiger partial charge in [0, 0.05) is 26.7 Å². The number of aliphatic hydroxyl groups is 1. The van der Waals surface area contributed by atoms with Gasteiger partial charge in [-0.15, -0.1) is 0 Å². The number of amides is 1. The van der Waals surface area contributed by atoms with Gasteiger partial charge in [0.1, 0.15) is 0 Å². The van der Waals surface area contributed by atoms with Gasteiger partial charge in [0.25, 0.3) is 0 Å². The first kappa shape index (κ1) is 19.9. The fourth-order valence-corrected chi connectivity index (χ4v) is 3.21. The number of carbonyl (C=O) groups excluding carboxylic acids is 1. The number of carbonyl (C=O) groups is 2. The van der Waals surface area contributed by atoms with E-state index >= 15 is 0 Å². The molecule has 1 amide bonds. The number of hydrogen-bond donors (Lipinski definition) is 3. The maximum absolute atomic E-state index is 12.3. The van der Waals surface area contributed by atoms with Crippen molar-refractivity contribution in [1.29, 1.82) is 0 Å². The molecule has 3 unspecified atom stereocenters. The molecule has 0 aliphatic heterocycles. The second-order valence-corrected chi connectivity index (χ2v) is 6.44. The van der Waals surface area contributed by atoms with Crippen molar-refractivity contribution in [2.75, 3.05) is 20.3 Å². The summed E-state index contributed by atoms with van der Waals surface area (Å²) in [5.74, 6) is -0.548. The molecule has 0 heterocycles. The van der Waals surface area contributed by atoms with Crippen LogP contribution in [0.3, 0.4) is 0 Å². The Labute approximate surface area is 138 Å². The van der Waals surface area contributed by atoms with Crippen LogP contribution in [0.1, 0.15) is 57.8 Å². The van der Waals surface area contributed by atoms with Crippen molar-refractivity contribution in [3.63, 3.8) is 0 Å². The molecule has 0 aromatic carbocycles. The number of nitrogens with one attached hydrogen (secondary N) is 1. The quantitative estimate of drug-likeness (QED) is 0.504. The fourth-order valence-electron chi connectivity index (χ4n) is 3.21. The van der Waals surface area contributed by atoms with E-state index in [9.17, 15) is 14.7 Å². The van der Waals surface area contributed by atoms with Crippen LogP contribution in [0.5, 0.6) is 0 Å². The van der Waals surface area contributed by atoms with Crippen LogP contribution in [0, 0.1) is 11.8 Å². The van der Waals surface area contributed by atoms with Crippen molar-refractivity contribution in [3.8, 4) is 0 Å². The van der Waals surface area contributed by atoms with Crippen molar-refractivity contribution in [3.05, 3.63) is 0 Å². The maximum atomic E-state index is 12.3. The van der Waals surface area contributed by atoms with Gasteiger partial charge in [-0.05, 0) is 38.0 Å². The van der Waals surface area contributed by atoms with Gasteiger partial charge in [-0.3, -0.25) is 9.59 Å². The molecule has 6 heteroatoms. The summed E-state index contributed by atoms with van der Waals surface area (Å²) >= 11 is 0. The second-order valence-electron chi connectivity index (χ2n) is 6.44. The van der Waals surface area contributed by atoms with Crippen molar-refractivity contribution in [2.24, 2.45) is 11.8 Å². The molecular formula is C17H31NO5. The number of aliphatic carboxylic acids is 1. The zero-order valence-electron chi connectivity index (χ0n) is 14.1. The Kier molecular flexibility index (Phi) is 9.87. The van der Waals surface area contributed by atoms with Crippen molar-refractivity contribution < 1.29 is 24.5 Å². The first-order valence-electron chi connectivity index (χ1n) is 8.71.